The van der Waals surface area contributed by atoms with E-state index in [9.17, 15) is 4.79 Å². The van der Waals surface area contributed by atoms with Crippen molar-refractivity contribution in [3.8, 4) is 0 Å². The molecule has 0 saturated carbocycles. The minimum atomic E-state index is 0.0564. The van der Waals surface area contributed by atoms with Gasteiger partial charge in [0.2, 0.25) is 0 Å². The average Bonchev–Trinajstić information content (AvgIpc) is 2.71. The lowest BCUT2D eigenvalue weighted by Crippen LogP contribution is -2.28. The SMILES string of the molecule is O=C(c1ccc[nH]1)N1C=CCCC1. The normalized spacial score (nSPS) is 16.2. The zero-order valence-electron chi connectivity index (χ0n) is 7.36. The molecule has 0 unspecified atom stereocenters. The number of allylic oxidation sites excluding steroid dienone is 1. The molecule has 0 radical (unpaired) electrons. The van der Waals surface area contributed by atoms with Crippen molar-refractivity contribution in [3.05, 3.63) is 36.3 Å². The van der Waals surface area contributed by atoms with Gasteiger partial charge in [0.1, 0.15) is 5.69 Å². The second kappa shape index (κ2) is 3.47. The number of nitrogens with zero attached hydrogens (tertiary/aromatic N) is 1. The van der Waals surface area contributed by atoms with Gasteiger partial charge in [-0.2, -0.15) is 0 Å². The Morgan fingerprint density at radius 3 is 3.08 bits per heavy atom. The fourth-order valence-electron chi connectivity index (χ4n) is 1.44. The summed E-state index contributed by atoms with van der Waals surface area (Å²) in [7, 11) is 0. The Morgan fingerprint density at radius 2 is 2.46 bits per heavy atom. The molecule has 1 N–H and O–H groups in total. The zero-order valence-corrected chi connectivity index (χ0v) is 7.36. The monoisotopic (exact) mass is 176 g/mol. The van der Waals surface area contributed by atoms with E-state index < -0.39 is 0 Å². The van der Waals surface area contributed by atoms with Crippen molar-refractivity contribution in [1.82, 2.24) is 9.88 Å². The van der Waals surface area contributed by atoms with E-state index in [4.69, 9.17) is 0 Å². The van der Waals surface area contributed by atoms with Gasteiger partial charge < -0.3 is 9.88 Å². The Labute approximate surface area is 77.1 Å². The number of carbonyl (C=O) groups is 1. The summed E-state index contributed by atoms with van der Waals surface area (Å²) >= 11 is 0. The summed E-state index contributed by atoms with van der Waals surface area (Å²) in [4.78, 5) is 16.4. The third-order valence-corrected chi connectivity index (χ3v) is 2.14. The van der Waals surface area contributed by atoms with Gasteiger partial charge in [0.15, 0.2) is 0 Å². The van der Waals surface area contributed by atoms with Crippen molar-refractivity contribution in [3.63, 3.8) is 0 Å². The molecule has 3 heteroatoms. The third-order valence-electron chi connectivity index (χ3n) is 2.14. The predicted molar refractivity (Wildman–Crippen MR) is 50.2 cm³/mol. The molecule has 13 heavy (non-hydrogen) atoms. The standard InChI is InChI=1S/C10H12N2O/c13-10(9-5-4-6-11-9)12-7-2-1-3-8-12/h2,4-7,11H,1,3,8H2. The smallest absolute Gasteiger partial charge is 0.274 e. The molecule has 2 rings (SSSR count). The van der Waals surface area contributed by atoms with E-state index in [1.165, 1.54) is 0 Å². The number of aromatic amines is 1. The van der Waals surface area contributed by atoms with Crippen LogP contribution in [0.4, 0.5) is 0 Å². The molecule has 1 aromatic heterocycles. The van der Waals surface area contributed by atoms with Crippen LogP contribution in [0.2, 0.25) is 0 Å². The van der Waals surface area contributed by atoms with Crippen LogP contribution >= 0.6 is 0 Å². The summed E-state index contributed by atoms with van der Waals surface area (Å²) in [6.45, 7) is 0.828. The number of hydrogen-bond donors (Lipinski definition) is 1. The highest BCUT2D eigenvalue weighted by Crippen LogP contribution is 2.09. The predicted octanol–water partition coefficient (Wildman–Crippen LogP) is 1.76. The molecular weight excluding hydrogens is 164 g/mol. The van der Waals surface area contributed by atoms with Gasteiger partial charge in [0.05, 0.1) is 0 Å². The number of rotatable bonds is 1. The van der Waals surface area contributed by atoms with Gasteiger partial charge in [0.25, 0.3) is 5.91 Å². The maximum atomic E-state index is 11.7. The molecule has 0 spiro atoms. The third kappa shape index (κ3) is 1.64. The first-order valence-electron chi connectivity index (χ1n) is 4.49. The maximum Gasteiger partial charge on any atom is 0.274 e. The molecule has 1 amide bonds. The molecule has 68 valence electrons. The van der Waals surface area contributed by atoms with E-state index in [1.54, 1.807) is 17.2 Å². The topological polar surface area (TPSA) is 36.1 Å². The first-order chi connectivity index (χ1) is 6.38. The minimum Gasteiger partial charge on any atom is -0.357 e. The summed E-state index contributed by atoms with van der Waals surface area (Å²) in [5.41, 5.74) is 0.659. The number of H-pyrrole nitrogens is 1. The largest absolute Gasteiger partial charge is 0.357 e. The average molecular weight is 176 g/mol. The molecule has 1 aliphatic rings. The van der Waals surface area contributed by atoms with Crippen LogP contribution in [-0.4, -0.2) is 22.3 Å². The molecule has 0 bridgehead atoms. The highest BCUT2D eigenvalue weighted by Gasteiger charge is 2.14. The van der Waals surface area contributed by atoms with Gasteiger partial charge in [-0.1, -0.05) is 6.08 Å². The fraction of sp³-hybridized carbons (Fsp3) is 0.300. The van der Waals surface area contributed by atoms with Gasteiger partial charge in [-0.3, -0.25) is 4.79 Å². The maximum absolute atomic E-state index is 11.7. The molecule has 1 aliphatic heterocycles. The van der Waals surface area contributed by atoms with Crippen molar-refractivity contribution < 1.29 is 4.79 Å². The van der Waals surface area contributed by atoms with Crippen LogP contribution in [0.15, 0.2) is 30.6 Å². The Kier molecular flexibility index (Phi) is 2.17. The fourth-order valence-corrected chi connectivity index (χ4v) is 1.44. The summed E-state index contributed by atoms with van der Waals surface area (Å²) in [6.07, 6.45) is 7.80. The lowest BCUT2D eigenvalue weighted by atomic mass is 10.2. The molecule has 0 fully saturated rings. The summed E-state index contributed by atoms with van der Waals surface area (Å²) in [6, 6.07) is 3.63. The summed E-state index contributed by atoms with van der Waals surface area (Å²) in [5.74, 6) is 0.0564. The van der Waals surface area contributed by atoms with Crippen molar-refractivity contribution >= 4 is 5.91 Å². The Balaban J connectivity index is 2.13. The van der Waals surface area contributed by atoms with Gasteiger partial charge in [-0.15, -0.1) is 0 Å². The number of amides is 1. The summed E-state index contributed by atoms with van der Waals surface area (Å²) < 4.78 is 0. The first kappa shape index (κ1) is 8.10. The molecular formula is C10H12N2O. The molecule has 0 aromatic carbocycles. The van der Waals surface area contributed by atoms with Crippen LogP contribution in [0.25, 0.3) is 0 Å². The van der Waals surface area contributed by atoms with Gasteiger partial charge >= 0.3 is 0 Å². The Hall–Kier alpha value is -1.51. The lowest BCUT2D eigenvalue weighted by molar-refractivity contribution is 0.0810. The van der Waals surface area contributed by atoms with Crippen LogP contribution in [0.3, 0.4) is 0 Å². The van der Waals surface area contributed by atoms with Crippen LogP contribution in [0, 0.1) is 0 Å². The van der Waals surface area contributed by atoms with E-state index in [-0.39, 0.29) is 5.91 Å². The van der Waals surface area contributed by atoms with Gasteiger partial charge in [-0.05, 0) is 25.0 Å². The van der Waals surface area contributed by atoms with E-state index >= 15 is 0 Å². The highest BCUT2D eigenvalue weighted by molar-refractivity contribution is 5.93. The molecule has 1 aromatic rings. The molecule has 3 nitrogen and oxygen atoms in total. The highest BCUT2D eigenvalue weighted by atomic mass is 16.2. The van der Waals surface area contributed by atoms with Gasteiger partial charge in [0, 0.05) is 18.9 Å². The second-order valence-corrected chi connectivity index (χ2v) is 3.11. The number of carbonyl (C=O) groups excluding carboxylic acids is 1. The minimum absolute atomic E-state index is 0.0564. The van der Waals surface area contributed by atoms with E-state index in [1.807, 2.05) is 18.3 Å². The molecule has 2 heterocycles. The summed E-state index contributed by atoms with van der Waals surface area (Å²) in [5, 5.41) is 0. The zero-order chi connectivity index (χ0) is 9.10. The number of nitrogens with one attached hydrogen (secondary N) is 1. The number of hydrogen-bond acceptors (Lipinski definition) is 1. The molecule has 0 aliphatic carbocycles. The number of aromatic nitrogens is 1. The van der Waals surface area contributed by atoms with Crippen molar-refractivity contribution in [2.75, 3.05) is 6.54 Å². The lowest BCUT2D eigenvalue weighted by Gasteiger charge is -2.20. The van der Waals surface area contributed by atoms with Crippen molar-refractivity contribution in [2.45, 2.75) is 12.8 Å². The van der Waals surface area contributed by atoms with E-state index in [0.717, 1.165) is 19.4 Å². The van der Waals surface area contributed by atoms with Crippen molar-refractivity contribution in [2.24, 2.45) is 0 Å². The Bertz CT molecular complexity index is 314. The quantitative estimate of drug-likeness (QED) is 0.695. The van der Waals surface area contributed by atoms with Gasteiger partial charge in [-0.25, -0.2) is 0 Å². The van der Waals surface area contributed by atoms with Crippen LogP contribution in [0.1, 0.15) is 23.3 Å². The second-order valence-electron chi connectivity index (χ2n) is 3.11. The first-order valence-corrected chi connectivity index (χ1v) is 4.49. The van der Waals surface area contributed by atoms with E-state index in [0.29, 0.717) is 5.69 Å². The molecule has 0 saturated heterocycles. The van der Waals surface area contributed by atoms with Crippen LogP contribution in [0.5, 0.6) is 0 Å². The molecule has 0 atom stereocenters. The Morgan fingerprint density at radius 1 is 1.54 bits per heavy atom. The van der Waals surface area contributed by atoms with Crippen LogP contribution in [-0.2, 0) is 0 Å². The van der Waals surface area contributed by atoms with Crippen LogP contribution < -0.4 is 0 Å². The van der Waals surface area contributed by atoms with Crippen molar-refractivity contribution in [1.29, 1.82) is 0 Å². The van der Waals surface area contributed by atoms with E-state index in [2.05, 4.69) is 4.98 Å².